The quantitative estimate of drug-likeness (QED) is 0.522. The van der Waals surface area contributed by atoms with Gasteiger partial charge in [-0.15, -0.1) is 0 Å². The number of fused-ring (bicyclic) bond motifs is 2. The molecule has 1 amide bonds. The van der Waals surface area contributed by atoms with Crippen molar-refractivity contribution in [1.82, 2.24) is 24.7 Å². The van der Waals surface area contributed by atoms with Gasteiger partial charge in [-0.1, -0.05) is 0 Å². The summed E-state index contributed by atoms with van der Waals surface area (Å²) in [6.45, 7) is 0.106. The molecule has 32 heavy (non-hydrogen) atoms. The van der Waals surface area contributed by atoms with Crippen molar-refractivity contribution in [2.24, 2.45) is 7.05 Å². The van der Waals surface area contributed by atoms with Crippen LogP contribution < -0.4 is 10.2 Å². The van der Waals surface area contributed by atoms with Crippen LogP contribution >= 0.6 is 0 Å². The van der Waals surface area contributed by atoms with E-state index in [4.69, 9.17) is 9.97 Å². The molecule has 0 spiro atoms. The summed E-state index contributed by atoms with van der Waals surface area (Å²) in [6.07, 6.45) is 6.33. The standard InChI is InChI=1S/C23H22FN7O/c1-30(13-21(32)27-16-8-6-15(24)7-9-16)23-17-4-3-5-18(17)28-22(29-23)19-10-14-11-26-31(2)20(14)12-25-19/h6-12H,3-5,13H2,1-2H3,(H,27,32). The van der Waals surface area contributed by atoms with Gasteiger partial charge < -0.3 is 10.2 Å². The number of hydrogen-bond donors (Lipinski definition) is 1. The third-order valence-electron chi connectivity index (χ3n) is 5.64. The molecule has 5 rings (SSSR count). The highest BCUT2D eigenvalue weighted by Gasteiger charge is 2.23. The van der Waals surface area contributed by atoms with Gasteiger partial charge in [-0.2, -0.15) is 5.10 Å². The molecule has 0 saturated carbocycles. The summed E-state index contributed by atoms with van der Waals surface area (Å²) >= 11 is 0. The van der Waals surface area contributed by atoms with Crippen LogP contribution in [0.2, 0.25) is 0 Å². The number of carbonyl (C=O) groups is 1. The van der Waals surface area contributed by atoms with E-state index in [1.807, 2.05) is 25.1 Å². The topological polar surface area (TPSA) is 88.8 Å². The fourth-order valence-electron chi connectivity index (χ4n) is 4.04. The van der Waals surface area contributed by atoms with Crippen molar-refractivity contribution >= 4 is 28.3 Å². The molecule has 1 aliphatic carbocycles. The molecule has 1 aromatic carbocycles. The summed E-state index contributed by atoms with van der Waals surface area (Å²) in [5.41, 5.74) is 4.24. The molecule has 3 aromatic heterocycles. The number of aryl methyl sites for hydroxylation is 2. The first kappa shape index (κ1) is 20.0. The number of nitrogens with one attached hydrogen (secondary N) is 1. The number of anilines is 2. The number of likely N-dealkylation sites (N-methyl/N-ethyl adjacent to an activating group) is 1. The number of rotatable bonds is 5. The first-order chi connectivity index (χ1) is 15.5. The first-order valence-electron chi connectivity index (χ1n) is 10.4. The number of hydrogen-bond acceptors (Lipinski definition) is 6. The average Bonchev–Trinajstić information content (AvgIpc) is 3.41. The Morgan fingerprint density at radius 2 is 2.00 bits per heavy atom. The van der Waals surface area contributed by atoms with Crippen LogP contribution in [0, 0.1) is 5.82 Å². The molecule has 0 fully saturated rings. The van der Waals surface area contributed by atoms with Gasteiger partial charge >= 0.3 is 0 Å². The zero-order valence-electron chi connectivity index (χ0n) is 17.8. The lowest BCUT2D eigenvalue weighted by molar-refractivity contribution is -0.114. The predicted molar refractivity (Wildman–Crippen MR) is 120 cm³/mol. The fourth-order valence-corrected chi connectivity index (χ4v) is 4.04. The Balaban J connectivity index is 1.43. The Hall–Kier alpha value is -3.88. The summed E-state index contributed by atoms with van der Waals surface area (Å²) < 4.78 is 14.9. The molecular formula is C23H22FN7O. The number of nitrogens with zero attached hydrogens (tertiary/aromatic N) is 6. The number of carbonyl (C=O) groups excluding carboxylic acids is 1. The van der Waals surface area contributed by atoms with E-state index in [9.17, 15) is 9.18 Å². The lowest BCUT2D eigenvalue weighted by Gasteiger charge is -2.21. The molecule has 0 unspecified atom stereocenters. The number of benzene rings is 1. The van der Waals surface area contributed by atoms with Crippen LogP contribution in [0.5, 0.6) is 0 Å². The largest absolute Gasteiger partial charge is 0.350 e. The Labute approximate surface area is 184 Å². The van der Waals surface area contributed by atoms with Crippen molar-refractivity contribution in [3.63, 3.8) is 0 Å². The Morgan fingerprint density at radius 1 is 1.19 bits per heavy atom. The minimum atomic E-state index is -0.345. The van der Waals surface area contributed by atoms with Crippen molar-refractivity contribution in [2.75, 3.05) is 23.8 Å². The summed E-state index contributed by atoms with van der Waals surface area (Å²) in [5.74, 6) is 0.727. The maximum atomic E-state index is 13.1. The second-order valence-corrected chi connectivity index (χ2v) is 7.96. The highest BCUT2D eigenvalue weighted by molar-refractivity contribution is 5.94. The van der Waals surface area contributed by atoms with E-state index in [1.165, 1.54) is 24.3 Å². The van der Waals surface area contributed by atoms with E-state index in [0.717, 1.165) is 47.2 Å². The van der Waals surface area contributed by atoms with Gasteiger partial charge in [0.1, 0.15) is 17.3 Å². The van der Waals surface area contributed by atoms with E-state index < -0.39 is 0 Å². The molecule has 0 aliphatic heterocycles. The van der Waals surface area contributed by atoms with Crippen molar-refractivity contribution in [1.29, 1.82) is 0 Å². The first-order valence-corrected chi connectivity index (χ1v) is 10.4. The van der Waals surface area contributed by atoms with Crippen LogP contribution in [0.15, 0.2) is 42.7 Å². The fraction of sp³-hybridized carbons (Fsp3) is 0.261. The van der Waals surface area contributed by atoms with Crippen LogP contribution in [-0.2, 0) is 24.7 Å². The monoisotopic (exact) mass is 431 g/mol. The van der Waals surface area contributed by atoms with Gasteiger partial charge in [-0.25, -0.2) is 14.4 Å². The number of halogens is 1. The summed E-state index contributed by atoms with van der Waals surface area (Å²) in [7, 11) is 3.71. The van der Waals surface area contributed by atoms with Crippen LogP contribution in [0.4, 0.5) is 15.9 Å². The highest BCUT2D eigenvalue weighted by atomic mass is 19.1. The lowest BCUT2D eigenvalue weighted by atomic mass is 10.2. The van der Waals surface area contributed by atoms with Crippen LogP contribution in [0.1, 0.15) is 17.7 Å². The molecule has 0 atom stereocenters. The van der Waals surface area contributed by atoms with E-state index in [2.05, 4.69) is 15.4 Å². The van der Waals surface area contributed by atoms with Gasteiger partial charge in [0.2, 0.25) is 5.91 Å². The molecule has 162 valence electrons. The maximum absolute atomic E-state index is 13.1. The molecule has 1 aliphatic rings. The van der Waals surface area contributed by atoms with Crippen LogP contribution in [0.3, 0.4) is 0 Å². The summed E-state index contributed by atoms with van der Waals surface area (Å²) in [6, 6.07) is 7.63. The second kappa shape index (κ2) is 7.99. The Kier molecular flexibility index (Phi) is 5.01. The molecule has 0 bridgehead atoms. The molecule has 0 saturated heterocycles. The zero-order chi connectivity index (χ0) is 22.2. The Bertz CT molecular complexity index is 1320. The highest BCUT2D eigenvalue weighted by Crippen LogP contribution is 2.31. The Morgan fingerprint density at radius 3 is 2.81 bits per heavy atom. The molecule has 3 heterocycles. The average molecular weight is 431 g/mol. The van der Waals surface area contributed by atoms with Crippen molar-refractivity contribution in [3.05, 3.63) is 59.8 Å². The normalized spacial score (nSPS) is 12.7. The van der Waals surface area contributed by atoms with Crippen molar-refractivity contribution in [2.45, 2.75) is 19.3 Å². The smallest absolute Gasteiger partial charge is 0.243 e. The van der Waals surface area contributed by atoms with Gasteiger partial charge in [0.25, 0.3) is 0 Å². The van der Waals surface area contributed by atoms with Gasteiger partial charge in [0.15, 0.2) is 5.82 Å². The third-order valence-corrected chi connectivity index (χ3v) is 5.64. The minimum Gasteiger partial charge on any atom is -0.350 e. The van der Waals surface area contributed by atoms with E-state index in [0.29, 0.717) is 17.2 Å². The number of amides is 1. The second-order valence-electron chi connectivity index (χ2n) is 7.96. The summed E-state index contributed by atoms with van der Waals surface area (Å²) in [4.78, 5) is 28.5. The van der Waals surface area contributed by atoms with Crippen molar-refractivity contribution in [3.8, 4) is 11.5 Å². The number of aromatic nitrogens is 5. The molecular weight excluding hydrogens is 409 g/mol. The van der Waals surface area contributed by atoms with Gasteiger partial charge in [0, 0.05) is 36.4 Å². The summed E-state index contributed by atoms with van der Waals surface area (Å²) in [5, 5.41) is 8.03. The molecule has 4 aromatic rings. The van der Waals surface area contributed by atoms with Gasteiger partial charge in [0.05, 0.1) is 24.5 Å². The van der Waals surface area contributed by atoms with Crippen LogP contribution in [-0.4, -0.2) is 44.2 Å². The maximum Gasteiger partial charge on any atom is 0.243 e. The molecule has 9 heteroatoms. The number of pyridine rings is 1. The van der Waals surface area contributed by atoms with Crippen molar-refractivity contribution < 1.29 is 9.18 Å². The van der Waals surface area contributed by atoms with Gasteiger partial charge in [-0.3, -0.25) is 14.5 Å². The molecule has 1 N–H and O–H groups in total. The van der Waals surface area contributed by atoms with Gasteiger partial charge in [-0.05, 0) is 49.6 Å². The van der Waals surface area contributed by atoms with E-state index >= 15 is 0 Å². The zero-order valence-corrected chi connectivity index (χ0v) is 17.8. The minimum absolute atomic E-state index is 0.106. The molecule has 8 nitrogen and oxygen atoms in total. The SMILES string of the molecule is CN(CC(=O)Nc1ccc(F)cc1)c1nc(-c2cc3cnn(C)c3cn2)nc2c1CCC2. The van der Waals surface area contributed by atoms with E-state index in [1.54, 1.807) is 17.1 Å². The predicted octanol–water partition coefficient (Wildman–Crippen LogP) is 3.13. The van der Waals surface area contributed by atoms with E-state index in [-0.39, 0.29) is 18.3 Å². The lowest BCUT2D eigenvalue weighted by Crippen LogP contribution is -2.31. The van der Waals surface area contributed by atoms with Crippen LogP contribution in [0.25, 0.3) is 22.4 Å². The molecule has 0 radical (unpaired) electrons. The third kappa shape index (κ3) is 3.77.